The van der Waals surface area contributed by atoms with Gasteiger partial charge >= 0.3 is 6.09 Å². The number of benzene rings is 2. The van der Waals surface area contributed by atoms with Crippen LogP contribution in [-0.2, 0) is 16.8 Å². The predicted octanol–water partition coefficient (Wildman–Crippen LogP) is 5.60. The zero-order valence-electron chi connectivity index (χ0n) is 16.5. The zero-order chi connectivity index (χ0) is 20.3. The largest absolute Gasteiger partial charge is 0.443 e. The van der Waals surface area contributed by atoms with Crippen molar-refractivity contribution < 1.29 is 9.53 Å². The molecule has 0 aliphatic rings. The summed E-state index contributed by atoms with van der Waals surface area (Å²) in [5.74, 6) is 0. The van der Waals surface area contributed by atoms with Crippen molar-refractivity contribution in [3.63, 3.8) is 0 Å². The lowest BCUT2D eigenvalue weighted by atomic mass is 9.92. The molecule has 0 N–H and O–H groups in total. The number of hydrogen-bond acceptors (Lipinski definition) is 3. The summed E-state index contributed by atoms with van der Waals surface area (Å²) in [6.07, 6.45) is -0.428. The quantitative estimate of drug-likeness (QED) is 0.576. The van der Waals surface area contributed by atoms with Crippen molar-refractivity contribution in [2.45, 2.75) is 32.8 Å². The molecule has 28 heavy (non-hydrogen) atoms. The molecular weight excluding hydrogens is 374 g/mol. The molecule has 0 radical (unpaired) electrons. The van der Waals surface area contributed by atoms with Crippen molar-refractivity contribution in [1.29, 1.82) is 0 Å². The number of carbonyl (C=O) groups is 1. The van der Waals surface area contributed by atoms with E-state index >= 15 is 0 Å². The second-order valence-corrected chi connectivity index (χ2v) is 8.05. The summed E-state index contributed by atoms with van der Waals surface area (Å²) in [6, 6.07) is 18.8. The molecule has 0 bridgehead atoms. The third kappa shape index (κ3) is 4.54. The number of ether oxygens (including phenoxy) is 1. The average molecular weight is 398 g/mol. The van der Waals surface area contributed by atoms with E-state index in [9.17, 15) is 4.79 Å². The standard InChI is InChI=1S/C22H24ClN3O2/c1-22(2,3)20-14-19(26(24-20)18-12-8-9-16(23)13-18)15-28-21(27)25(4)17-10-6-5-7-11-17/h5-14H,15H2,1-4H3. The van der Waals surface area contributed by atoms with Crippen LogP contribution in [0.25, 0.3) is 5.69 Å². The second kappa shape index (κ2) is 8.07. The Labute approximate surface area is 170 Å². The van der Waals surface area contributed by atoms with Gasteiger partial charge in [-0.25, -0.2) is 9.48 Å². The first kappa shape index (κ1) is 20.0. The molecule has 146 valence electrons. The molecule has 1 heterocycles. The van der Waals surface area contributed by atoms with E-state index in [-0.39, 0.29) is 12.0 Å². The minimum Gasteiger partial charge on any atom is -0.443 e. The number of carbonyl (C=O) groups excluding carboxylic acids is 1. The van der Waals surface area contributed by atoms with Gasteiger partial charge in [-0.1, -0.05) is 56.6 Å². The molecule has 0 unspecified atom stereocenters. The van der Waals surface area contributed by atoms with E-state index in [4.69, 9.17) is 21.4 Å². The Morgan fingerprint density at radius 3 is 2.46 bits per heavy atom. The maximum atomic E-state index is 12.5. The van der Waals surface area contributed by atoms with Crippen LogP contribution < -0.4 is 4.90 Å². The third-order valence-corrected chi connectivity index (χ3v) is 4.60. The minimum absolute atomic E-state index is 0.103. The van der Waals surface area contributed by atoms with E-state index in [1.54, 1.807) is 11.7 Å². The molecule has 5 nitrogen and oxygen atoms in total. The van der Waals surface area contributed by atoms with E-state index < -0.39 is 6.09 Å². The number of para-hydroxylation sites is 1. The molecule has 0 fully saturated rings. The number of halogens is 1. The number of rotatable bonds is 4. The fourth-order valence-corrected chi connectivity index (χ4v) is 2.89. The molecule has 0 aliphatic carbocycles. The van der Waals surface area contributed by atoms with Gasteiger partial charge in [0.15, 0.2) is 0 Å². The van der Waals surface area contributed by atoms with Crippen LogP contribution >= 0.6 is 11.6 Å². The van der Waals surface area contributed by atoms with Crippen LogP contribution in [0.15, 0.2) is 60.7 Å². The number of amides is 1. The van der Waals surface area contributed by atoms with Crippen LogP contribution in [0.3, 0.4) is 0 Å². The van der Waals surface area contributed by atoms with Crippen LogP contribution in [0.1, 0.15) is 32.2 Å². The van der Waals surface area contributed by atoms with Crippen molar-refractivity contribution in [3.05, 3.63) is 77.1 Å². The lowest BCUT2D eigenvalue weighted by Gasteiger charge is -2.17. The van der Waals surface area contributed by atoms with Crippen LogP contribution in [0.2, 0.25) is 5.02 Å². The van der Waals surface area contributed by atoms with E-state index in [0.717, 1.165) is 22.8 Å². The fourth-order valence-electron chi connectivity index (χ4n) is 2.71. The summed E-state index contributed by atoms with van der Waals surface area (Å²) in [6.45, 7) is 6.38. The second-order valence-electron chi connectivity index (χ2n) is 7.61. The molecular formula is C22H24ClN3O2. The molecule has 0 atom stereocenters. The topological polar surface area (TPSA) is 47.4 Å². The monoisotopic (exact) mass is 397 g/mol. The van der Waals surface area contributed by atoms with Gasteiger partial charge < -0.3 is 4.74 Å². The van der Waals surface area contributed by atoms with E-state index in [1.165, 1.54) is 4.90 Å². The van der Waals surface area contributed by atoms with Gasteiger partial charge in [0.05, 0.1) is 17.1 Å². The number of nitrogens with zero attached hydrogens (tertiary/aromatic N) is 3. The van der Waals surface area contributed by atoms with Gasteiger partial charge in [-0.15, -0.1) is 0 Å². The summed E-state index contributed by atoms with van der Waals surface area (Å²) >= 11 is 6.15. The summed E-state index contributed by atoms with van der Waals surface area (Å²) < 4.78 is 7.34. The molecule has 0 spiro atoms. The molecule has 3 aromatic rings. The fraction of sp³-hybridized carbons (Fsp3) is 0.273. The highest BCUT2D eigenvalue weighted by atomic mass is 35.5. The predicted molar refractivity (Wildman–Crippen MR) is 112 cm³/mol. The molecule has 0 saturated heterocycles. The maximum absolute atomic E-state index is 12.5. The third-order valence-electron chi connectivity index (χ3n) is 4.37. The van der Waals surface area contributed by atoms with Gasteiger partial charge in [0.2, 0.25) is 0 Å². The normalized spacial score (nSPS) is 11.3. The van der Waals surface area contributed by atoms with E-state index in [1.807, 2.05) is 60.7 Å². The van der Waals surface area contributed by atoms with Crippen LogP contribution in [0, 0.1) is 0 Å². The van der Waals surface area contributed by atoms with Crippen molar-refractivity contribution in [1.82, 2.24) is 9.78 Å². The Kier molecular flexibility index (Phi) is 5.75. The molecule has 2 aromatic carbocycles. The lowest BCUT2D eigenvalue weighted by molar-refractivity contribution is 0.146. The van der Waals surface area contributed by atoms with Gasteiger partial charge in [-0.2, -0.15) is 5.10 Å². The zero-order valence-corrected chi connectivity index (χ0v) is 17.3. The Morgan fingerprint density at radius 2 is 1.82 bits per heavy atom. The van der Waals surface area contributed by atoms with Gasteiger partial charge in [0, 0.05) is 23.2 Å². The highest BCUT2D eigenvalue weighted by molar-refractivity contribution is 6.30. The number of aromatic nitrogens is 2. The summed E-state index contributed by atoms with van der Waals surface area (Å²) in [5.41, 5.74) is 3.15. The van der Waals surface area contributed by atoms with Gasteiger partial charge in [0.1, 0.15) is 6.61 Å². The Hall–Kier alpha value is -2.79. The van der Waals surface area contributed by atoms with Crippen molar-refractivity contribution in [3.8, 4) is 5.69 Å². The minimum atomic E-state index is -0.428. The Balaban J connectivity index is 1.84. The molecule has 6 heteroatoms. The van der Waals surface area contributed by atoms with E-state index in [2.05, 4.69) is 20.8 Å². The van der Waals surface area contributed by atoms with Crippen LogP contribution in [0.5, 0.6) is 0 Å². The number of anilines is 1. The molecule has 0 aliphatic heterocycles. The molecule has 0 saturated carbocycles. The first-order valence-corrected chi connectivity index (χ1v) is 9.44. The van der Waals surface area contributed by atoms with Crippen LogP contribution in [0.4, 0.5) is 10.5 Å². The highest BCUT2D eigenvalue weighted by Crippen LogP contribution is 2.25. The summed E-state index contributed by atoms with van der Waals surface area (Å²) in [4.78, 5) is 14.0. The van der Waals surface area contributed by atoms with Crippen molar-refractivity contribution >= 4 is 23.4 Å². The Morgan fingerprint density at radius 1 is 1.11 bits per heavy atom. The number of hydrogen-bond donors (Lipinski definition) is 0. The van der Waals surface area contributed by atoms with Gasteiger partial charge in [-0.05, 0) is 36.4 Å². The van der Waals surface area contributed by atoms with Gasteiger partial charge in [0.25, 0.3) is 0 Å². The van der Waals surface area contributed by atoms with Crippen LogP contribution in [-0.4, -0.2) is 22.9 Å². The van der Waals surface area contributed by atoms with Gasteiger partial charge in [-0.3, -0.25) is 4.90 Å². The SMILES string of the molecule is CN(C(=O)OCc1cc(C(C)(C)C)nn1-c1cccc(Cl)c1)c1ccccc1. The molecule has 1 aromatic heterocycles. The maximum Gasteiger partial charge on any atom is 0.414 e. The lowest BCUT2D eigenvalue weighted by Crippen LogP contribution is -2.27. The van der Waals surface area contributed by atoms with Crippen molar-refractivity contribution in [2.75, 3.05) is 11.9 Å². The smallest absolute Gasteiger partial charge is 0.414 e. The molecule has 3 rings (SSSR count). The molecule has 1 amide bonds. The average Bonchev–Trinajstić information content (AvgIpc) is 3.11. The highest BCUT2D eigenvalue weighted by Gasteiger charge is 2.22. The Bertz CT molecular complexity index is 961. The van der Waals surface area contributed by atoms with Crippen molar-refractivity contribution in [2.24, 2.45) is 0 Å². The summed E-state index contributed by atoms with van der Waals surface area (Å²) in [7, 11) is 1.69. The van der Waals surface area contributed by atoms with E-state index in [0.29, 0.717) is 5.02 Å². The summed E-state index contributed by atoms with van der Waals surface area (Å²) in [5, 5.41) is 5.35. The first-order chi connectivity index (χ1) is 13.3. The first-order valence-electron chi connectivity index (χ1n) is 9.06.